The smallest absolute Gasteiger partial charge is 0.322 e. The van der Waals surface area contributed by atoms with Crippen molar-refractivity contribution in [3.63, 3.8) is 0 Å². The molecule has 29 heavy (non-hydrogen) atoms. The van der Waals surface area contributed by atoms with Crippen molar-refractivity contribution in [2.75, 3.05) is 7.11 Å². The molecular formula is C20H17FN2O5S. The summed E-state index contributed by atoms with van der Waals surface area (Å²) in [6.45, 7) is 0. The molecule has 2 aromatic rings. The molecule has 0 spiro atoms. The van der Waals surface area contributed by atoms with Crippen molar-refractivity contribution in [3.05, 3.63) is 64.3 Å². The Kier molecular flexibility index (Phi) is 6.30. The van der Waals surface area contributed by atoms with Gasteiger partial charge in [-0.2, -0.15) is 0 Å². The first-order valence-corrected chi connectivity index (χ1v) is 9.32. The summed E-state index contributed by atoms with van der Waals surface area (Å²) in [4.78, 5) is 34.2. The summed E-state index contributed by atoms with van der Waals surface area (Å²) in [5.74, 6) is -0.894. The highest BCUT2D eigenvalue weighted by molar-refractivity contribution is 8.18. The predicted molar refractivity (Wildman–Crippen MR) is 106 cm³/mol. The van der Waals surface area contributed by atoms with E-state index in [0.717, 1.165) is 17.3 Å². The van der Waals surface area contributed by atoms with Crippen LogP contribution in [0.5, 0.6) is 11.5 Å². The average molecular weight is 416 g/mol. The van der Waals surface area contributed by atoms with Gasteiger partial charge in [-0.1, -0.05) is 12.1 Å². The molecule has 1 aliphatic rings. The fraction of sp³-hybridized carbons (Fsp3) is 0.150. The van der Waals surface area contributed by atoms with Gasteiger partial charge in [-0.15, -0.1) is 0 Å². The van der Waals surface area contributed by atoms with Crippen molar-refractivity contribution in [1.82, 2.24) is 5.32 Å². The number of halogens is 1. The molecule has 1 fully saturated rings. The van der Waals surface area contributed by atoms with Gasteiger partial charge in [0.25, 0.3) is 11.1 Å². The van der Waals surface area contributed by atoms with Gasteiger partial charge < -0.3 is 15.2 Å². The van der Waals surface area contributed by atoms with Crippen molar-refractivity contribution in [3.8, 4) is 11.5 Å². The van der Waals surface area contributed by atoms with Crippen LogP contribution in [0.4, 0.5) is 9.18 Å². The van der Waals surface area contributed by atoms with Crippen LogP contribution >= 0.6 is 11.8 Å². The summed E-state index contributed by atoms with van der Waals surface area (Å²) in [7, 11) is 1.28. The zero-order valence-electron chi connectivity index (χ0n) is 15.3. The number of nitrogens with two attached hydrogens (primary N) is 1. The van der Waals surface area contributed by atoms with E-state index in [9.17, 15) is 18.8 Å². The number of amides is 2. The van der Waals surface area contributed by atoms with Crippen LogP contribution in [0.25, 0.3) is 6.08 Å². The molecule has 1 saturated heterocycles. The van der Waals surface area contributed by atoms with Crippen LogP contribution < -0.4 is 15.8 Å². The molecule has 1 atom stereocenters. The van der Waals surface area contributed by atoms with Gasteiger partial charge in [0, 0.05) is 11.6 Å². The molecule has 150 valence electrons. The number of esters is 1. The number of thioether (sulfide) groups is 1. The molecule has 1 heterocycles. The van der Waals surface area contributed by atoms with E-state index >= 15 is 0 Å². The number of nitrogens with one attached hydrogen (secondary N) is 1. The lowest BCUT2D eigenvalue weighted by molar-refractivity contribution is -0.142. The van der Waals surface area contributed by atoms with Crippen LogP contribution in [0.3, 0.4) is 0 Å². The SMILES string of the molecule is COC(=O)C(N)Cc1ccc(Oc2ccc(C=C3SC(=O)NC3=O)c(F)c2)cc1. The van der Waals surface area contributed by atoms with Crippen molar-refractivity contribution in [2.45, 2.75) is 12.5 Å². The van der Waals surface area contributed by atoms with Crippen LogP contribution in [0.2, 0.25) is 0 Å². The number of hydrogen-bond acceptors (Lipinski definition) is 7. The summed E-state index contributed by atoms with van der Waals surface area (Å²) in [5, 5.41) is 1.62. The third-order valence-electron chi connectivity index (χ3n) is 4.02. The predicted octanol–water partition coefficient (Wildman–Crippen LogP) is 2.98. The van der Waals surface area contributed by atoms with E-state index in [1.165, 1.54) is 25.3 Å². The maximum absolute atomic E-state index is 14.3. The fourth-order valence-electron chi connectivity index (χ4n) is 2.57. The second-order valence-electron chi connectivity index (χ2n) is 6.12. The zero-order valence-corrected chi connectivity index (χ0v) is 16.1. The fourth-order valence-corrected chi connectivity index (χ4v) is 3.24. The first kappa shape index (κ1) is 20.6. The van der Waals surface area contributed by atoms with Crippen LogP contribution in [-0.2, 0) is 20.7 Å². The van der Waals surface area contributed by atoms with Gasteiger partial charge >= 0.3 is 5.97 Å². The number of carbonyl (C=O) groups excluding carboxylic acids is 3. The number of ether oxygens (including phenoxy) is 2. The molecule has 1 aliphatic heterocycles. The molecule has 0 radical (unpaired) electrons. The minimum Gasteiger partial charge on any atom is -0.468 e. The van der Waals surface area contributed by atoms with Gasteiger partial charge in [0.2, 0.25) is 0 Å². The number of carbonyl (C=O) groups is 3. The molecule has 0 saturated carbocycles. The minimum absolute atomic E-state index is 0.128. The quantitative estimate of drug-likeness (QED) is 0.551. The summed E-state index contributed by atoms with van der Waals surface area (Å²) < 4.78 is 24.6. The topological polar surface area (TPSA) is 108 Å². The molecule has 3 rings (SSSR count). The van der Waals surface area contributed by atoms with Gasteiger partial charge in [0.05, 0.1) is 12.0 Å². The molecule has 2 amide bonds. The molecule has 0 aromatic heterocycles. The number of methoxy groups -OCH3 is 1. The Bertz CT molecular complexity index is 991. The maximum Gasteiger partial charge on any atom is 0.322 e. The Morgan fingerprint density at radius 3 is 2.48 bits per heavy atom. The van der Waals surface area contributed by atoms with Crippen molar-refractivity contribution >= 4 is 35.0 Å². The lowest BCUT2D eigenvalue weighted by atomic mass is 10.1. The molecular weight excluding hydrogens is 399 g/mol. The van der Waals surface area contributed by atoms with Crippen LogP contribution in [0, 0.1) is 5.82 Å². The summed E-state index contributed by atoms with van der Waals surface area (Å²) in [6.07, 6.45) is 1.63. The van der Waals surface area contributed by atoms with Crippen molar-refractivity contribution in [1.29, 1.82) is 0 Å². The van der Waals surface area contributed by atoms with E-state index in [-0.39, 0.29) is 16.2 Å². The van der Waals surface area contributed by atoms with E-state index in [1.807, 2.05) is 0 Å². The first-order chi connectivity index (χ1) is 13.9. The van der Waals surface area contributed by atoms with Gasteiger partial charge in [-0.3, -0.25) is 19.7 Å². The summed E-state index contributed by atoms with van der Waals surface area (Å²) in [6, 6.07) is 10.3. The number of imide groups is 1. The van der Waals surface area contributed by atoms with Crippen LogP contribution in [-0.4, -0.2) is 30.3 Å². The van der Waals surface area contributed by atoms with Crippen molar-refractivity contribution < 1.29 is 28.2 Å². The highest BCUT2D eigenvalue weighted by atomic mass is 32.2. The van der Waals surface area contributed by atoms with Crippen LogP contribution in [0.1, 0.15) is 11.1 Å². The van der Waals surface area contributed by atoms with Gasteiger partial charge in [-0.25, -0.2) is 4.39 Å². The highest BCUT2D eigenvalue weighted by Gasteiger charge is 2.25. The number of hydrogen-bond donors (Lipinski definition) is 2. The Morgan fingerprint density at radius 2 is 1.90 bits per heavy atom. The van der Waals surface area contributed by atoms with E-state index in [2.05, 4.69) is 10.1 Å². The largest absolute Gasteiger partial charge is 0.468 e. The number of benzene rings is 2. The first-order valence-electron chi connectivity index (χ1n) is 8.50. The summed E-state index contributed by atoms with van der Waals surface area (Å²) >= 11 is 0.718. The van der Waals surface area contributed by atoms with Gasteiger partial charge in [0.15, 0.2) is 0 Å². The second kappa shape index (κ2) is 8.89. The lowest BCUT2D eigenvalue weighted by Gasteiger charge is -2.10. The molecule has 9 heteroatoms. The van der Waals surface area contributed by atoms with E-state index in [1.54, 1.807) is 30.3 Å². The Morgan fingerprint density at radius 1 is 1.21 bits per heavy atom. The van der Waals surface area contributed by atoms with E-state index in [0.29, 0.717) is 12.2 Å². The number of rotatable bonds is 6. The van der Waals surface area contributed by atoms with Gasteiger partial charge in [0.1, 0.15) is 23.4 Å². The molecule has 2 aromatic carbocycles. The molecule has 0 bridgehead atoms. The Labute approximate surface area is 170 Å². The lowest BCUT2D eigenvalue weighted by Crippen LogP contribution is -2.33. The average Bonchev–Trinajstić information content (AvgIpc) is 3.01. The monoisotopic (exact) mass is 416 g/mol. The van der Waals surface area contributed by atoms with Gasteiger partial charge in [-0.05, 0) is 54.1 Å². The second-order valence-corrected chi connectivity index (χ2v) is 7.13. The normalized spacial score (nSPS) is 15.9. The highest BCUT2D eigenvalue weighted by Crippen LogP contribution is 2.29. The molecule has 7 nitrogen and oxygen atoms in total. The molecule has 3 N–H and O–H groups in total. The third kappa shape index (κ3) is 5.21. The zero-order chi connectivity index (χ0) is 21.0. The summed E-state index contributed by atoms with van der Waals surface area (Å²) in [5.41, 5.74) is 6.72. The standard InChI is InChI=1S/C20H17FN2O5S/c1-27-19(25)16(22)8-11-2-5-13(6-3-11)28-14-7-4-12(15(21)10-14)9-17-18(24)23-20(26)29-17/h2-7,9-10,16H,8,22H2,1H3,(H,23,24,26). The Hall–Kier alpha value is -3.17. The maximum atomic E-state index is 14.3. The van der Waals surface area contributed by atoms with Crippen molar-refractivity contribution in [2.24, 2.45) is 5.73 Å². The van der Waals surface area contributed by atoms with E-state index in [4.69, 9.17) is 10.5 Å². The molecule has 1 unspecified atom stereocenters. The third-order valence-corrected chi connectivity index (χ3v) is 4.83. The van der Waals surface area contributed by atoms with E-state index < -0.39 is 29.0 Å². The Balaban J connectivity index is 1.67. The van der Waals surface area contributed by atoms with Crippen LogP contribution in [0.15, 0.2) is 47.4 Å². The minimum atomic E-state index is -0.752. The molecule has 0 aliphatic carbocycles.